The molecule has 0 unspecified atom stereocenters. The predicted molar refractivity (Wildman–Crippen MR) is 163 cm³/mol. The Balaban J connectivity index is 1.55. The number of unbranched alkanes of at least 4 members (excludes halogenated alkanes) is 5. The van der Waals surface area contributed by atoms with Crippen molar-refractivity contribution < 1.29 is 14.7 Å². The number of halogens is 1. The van der Waals surface area contributed by atoms with Crippen molar-refractivity contribution in [3.05, 3.63) is 41.0 Å². The largest absolute Gasteiger partial charge is 0.391 e. The van der Waals surface area contributed by atoms with E-state index < -0.39 is 18.2 Å². The molecular weight excluding hydrogens is 576 g/mol. The Labute approximate surface area is 246 Å². The van der Waals surface area contributed by atoms with Gasteiger partial charge in [0.2, 0.25) is 11.8 Å². The second-order valence-corrected chi connectivity index (χ2v) is 13.3. The highest BCUT2D eigenvalue weighted by Gasteiger charge is 2.43. The van der Waals surface area contributed by atoms with Gasteiger partial charge in [-0.15, -0.1) is 11.3 Å². The van der Waals surface area contributed by atoms with Gasteiger partial charge in [0.1, 0.15) is 6.04 Å². The number of carbonyl (C=O) groups is 2. The Morgan fingerprint density at radius 1 is 1.13 bits per heavy atom. The fourth-order valence-electron chi connectivity index (χ4n) is 5.07. The number of alkyl halides is 1. The topological polar surface area (TPSA) is 94.6 Å². The Morgan fingerprint density at radius 3 is 2.41 bits per heavy atom. The molecule has 3 atom stereocenters. The van der Waals surface area contributed by atoms with Crippen LogP contribution in [0.5, 0.6) is 0 Å². The van der Waals surface area contributed by atoms with Crippen LogP contribution in [0.4, 0.5) is 0 Å². The van der Waals surface area contributed by atoms with E-state index >= 15 is 0 Å². The summed E-state index contributed by atoms with van der Waals surface area (Å²) in [7, 11) is 0. The van der Waals surface area contributed by atoms with Gasteiger partial charge in [0.15, 0.2) is 0 Å². The Bertz CT molecular complexity index is 1050. The number of hydrogen-bond donors (Lipinski definition) is 3. The summed E-state index contributed by atoms with van der Waals surface area (Å²) >= 11 is 5.09. The van der Waals surface area contributed by atoms with Crippen molar-refractivity contribution in [2.24, 2.45) is 5.41 Å². The van der Waals surface area contributed by atoms with E-state index in [-0.39, 0.29) is 30.2 Å². The molecule has 0 spiro atoms. The van der Waals surface area contributed by atoms with Gasteiger partial charge in [-0.3, -0.25) is 9.59 Å². The van der Waals surface area contributed by atoms with Gasteiger partial charge in [-0.1, -0.05) is 86.6 Å². The number of β-amino-alcohol motifs (C(OH)–C–C–N with tert-alkyl or cyclic N) is 1. The first-order valence-corrected chi connectivity index (χ1v) is 16.2. The third-order valence-electron chi connectivity index (χ3n) is 7.31. The van der Waals surface area contributed by atoms with E-state index in [1.54, 1.807) is 16.2 Å². The minimum atomic E-state index is -0.702. The maximum atomic E-state index is 13.7. The standard InChI is InChI=1S/C30H45BrN4O3S/c1-21-26(39-20-34-21)23-13-11-22(12-14-23)18-33-28(37)25-17-24(36)19-35(25)29(38)27(30(2,3)4)32-16-10-8-6-5-7-9-15-31/h11-14,20,24-25,27,32,36H,5-10,15-19H2,1-4H3,(H,33,37)/t24-,25+,27-/m1/s1. The second-order valence-electron chi connectivity index (χ2n) is 11.6. The summed E-state index contributed by atoms with van der Waals surface area (Å²) in [5.41, 5.74) is 4.62. The summed E-state index contributed by atoms with van der Waals surface area (Å²) < 4.78 is 0. The molecule has 1 aliphatic rings. The smallest absolute Gasteiger partial charge is 0.243 e. The SMILES string of the molecule is Cc1ncsc1-c1ccc(CNC(=O)[C@@H]2C[C@@H](O)CN2C(=O)[C@@H](NCCCCCCCCBr)C(C)(C)C)cc1. The zero-order valence-electron chi connectivity index (χ0n) is 23.8. The Kier molecular flexibility index (Phi) is 12.4. The molecule has 1 saturated heterocycles. The Hall–Kier alpha value is -1.81. The molecule has 7 nitrogen and oxygen atoms in total. The van der Waals surface area contributed by atoms with E-state index in [2.05, 4.69) is 31.5 Å². The van der Waals surface area contributed by atoms with Crippen molar-refractivity contribution in [2.45, 2.75) is 97.4 Å². The highest BCUT2D eigenvalue weighted by atomic mass is 79.9. The average molecular weight is 622 g/mol. The number of amides is 2. The highest BCUT2D eigenvalue weighted by molar-refractivity contribution is 9.09. The average Bonchev–Trinajstić information content (AvgIpc) is 3.51. The van der Waals surface area contributed by atoms with Gasteiger partial charge in [-0.05, 0) is 42.9 Å². The fourth-order valence-corrected chi connectivity index (χ4v) is 6.28. The summed E-state index contributed by atoms with van der Waals surface area (Å²) in [6.07, 6.45) is 6.62. The zero-order chi connectivity index (χ0) is 28.4. The van der Waals surface area contributed by atoms with E-state index in [0.29, 0.717) is 6.54 Å². The molecule has 0 aliphatic carbocycles. The van der Waals surface area contributed by atoms with Crippen LogP contribution in [0.1, 0.15) is 77.0 Å². The first kappa shape index (κ1) is 31.7. The second kappa shape index (κ2) is 15.3. The van der Waals surface area contributed by atoms with Crippen molar-refractivity contribution in [1.29, 1.82) is 0 Å². The molecule has 2 amide bonds. The number of aromatic nitrogens is 1. The van der Waals surface area contributed by atoms with E-state index in [4.69, 9.17) is 0 Å². The summed E-state index contributed by atoms with van der Waals surface area (Å²) in [4.78, 5) is 34.0. The number of benzene rings is 1. The van der Waals surface area contributed by atoms with Crippen LogP contribution in [0.2, 0.25) is 0 Å². The normalized spacial score (nSPS) is 18.4. The van der Waals surface area contributed by atoms with E-state index in [0.717, 1.165) is 46.4 Å². The molecule has 1 aromatic heterocycles. The molecule has 1 aromatic carbocycles. The summed E-state index contributed by atoms with van der Waals surface area (Å²) in [5.74, 6) is -0.334. The van der Waals surface area contributed by atoms with Gasteiger partial charge in [0.05, 0.1) is 28.2 Å². The summed E-state index contributed by atoms with van der Waals surface area (Å²) in [6.45, 7) is 9.44. The number of nitrogens with zero attached hydrogens (tertiary/aromatic N) is 2. The number of thiazole rings is 1. The van der Waals surface area contributed by atoms with Crippen LogP contribution < -0.4 is 10.6 Å². The molecule has 9 heteroatoms. The van der Waals surface area contributed by atoms with Gasteiger partial charge in [0, 0.05) is 24.8 Å². The summed E-state index contributed by atoms with van der Waals surface area (Å²) in [6, 6.07) is 6.99. The van der Waals surface area contributed by atoms with Crippen LogP contribution in [0, 0.1) is 12.3 Å². The molecule has 1 fully saturated rings. The van der Waals surface area contributed by atoms with Gasteiger partial charge < -0.3 is 20.6 Å². The number of rotatable bonds is 14. The molecule has 39 heavy (non-hydrogen) atoms. The molecule has 2 heterocycles. The third-order valence-corrected chi connectivity index (χ3v) is 8.85. The first-order chi connectivity index (χ1) is 18.6. The molecule has 216 valence electrons. The van der Waals surface area contributed by atoms with Gasteiger partial charge >= 0.3 is 0 Å². The van der Waals surface area contributed by atoms with Crippen molar-refractivity contribution in [1.82, 2.24) is 20.5 Å². The number of carbonyl (C=O) groups excluding carboxylic acids is 2. The van der Waals surface area contributed by atoms with E-state index in [1.165, 1.54) is 25.7 Å². The molecule has 0 radical (unpaired) electrons. The van der Waals surface area contributed by atoms with Crippen LogP contribution in [0.25, 0.3) is 10.4 Å². The maximum absolute atomic E-state index is 13.7. The van der Waals surface area contributed by atoms with Crippen LogP contribution in [0.15, 0.2) is 29.8 Å². The molecule has 0 bridgehead atoms. The molecule has 3 N–H and O–H groups in total. The molecule has 0 saturated carbocycles. The van der Waals surface area contributed by atoms with Gasteiger partial charge in [0.25, 0.3) is 0 Å². The molecular formula is C30H45BrN4O3S. The van der Waals surface area contributed by atoms with Crippen LogP contribution in [-0.4, -0.2) is 63.4 Å². The highest BCUT2D eigenvalue weighted by Crippen LogP contribution is 2.28. The number of aryl methyl sites for hydroxylation is 1. The molecule has 2 aromatic rings. The number of hydrogen-bond acceptors (Lipinski definition) is 6. The van der Waals surface area contributed by atoms with Crippen LogP contribution in [0.3, 0.4) is 0 Å². The number of likely N-dealkylation sites (tertiary alicyclic amines) is 1. The van der Waals surface area contributed by atoms with E-state index in [1.807, 2.05) is 57.5 Å². The maximum Gasteiger partial charge on any atom is 0.243 e. The lowest BCUT2D eigenvalue weighted by Gasteiger charge is -2.35. The van der Waals surface area contributed by atoms with Crippen molar-refractivity contribution in [2.75, 3.05) is 18.4 Å². The van der Waals surface area contributed by atoms with Gasteiger partial charge in [-0.2, -0.15) is 0 Å². The van der Waals surface area contributed by atoms with Crippen LogP contribution in [-0.2, 0) is 16.1 Å². The quantitative estimate of drug-likeness (QED) is 0.193. The lowest BCUT2D eigenvalue weighted by molar-refractivity contribution is -0.142. The van der Waals surface area contributed by atoms with Crippen molar-refractivity contribution in [3.8, 4) is 10.4 Å². The fraction of sp³-hybridized carbons (Fsp3) is 0.633. The lowest BCUT2D eigenvalue weighted by atomic mass is 9.85. The number of nitrogens with one attached hydrogen (secondary N) is 2. The number of aliphatic hydroxyl groups is 1. The molecule has 3 rings (SSSR count). The minimum absolute atomic E-state index is 0.110. The third kappa shape index (κ3) is 9.37. The van der Waals surface area contributed by atoms with Crippen molar-refractivity contribution >= 4 is 39.1 Å². The predicted octanol–water partition coefficient (Wildman–Crippen LogP) is 5.44. The van der Waals surface area contributed by atoms with Crippen molar-refractivity contribution in [3.63, 3.8) is 0 Å². The Morgan fingerprint density at radius 2 is 1.79 bits per heavy atom. The van der Waals surface area contributed by atoms with Gasteiger partial charge in [-0.25, -0.2) is 4.98 Å². The lowest BCUT2D eigenvalue weighted by Crippen LogP contribution is -2.56. The number of aliphatic hydroxyl groups excluding tert-OH is 1. The van der Waals surface area contributed by atoms with E-state index in [9.17, 15) is 14.7 Å². The summed E-state index contributed by atoms with van der Waals surface area (Å²) in [5, 5.41) is 17.9. The zero-order valence-corrected chi connectivity index (χ0v) is 26.2. The monoisotopic (exact) mass is 620 g/mol. The minimum Gasteiger partial charge on any atom is -0.391 e. The van der Waals surface area contributed by atoms with Crippen LogP contribution >= 0.6 is 27.3 Å². The molecule has 1 aliphatic heterocycles. The first-order valence-electron chi connectivity index (χ1n) is 14.2.